The van der Waals surface area contributed by atoms with Crippen molar-refractivity contribution in [2.45, 2.75) is 25.8 Å². The summed E-state index contributed by atoms with van der Waals surface area (Å²) in [6.45, 7) is 3.77. The Balaban J connectivity index is 2.72. The van der Waals surface area contributed by atoms with Gasteiger partial charge in [0.15, 0.2) is 11.6 Å². The van der Waals surface area contributed by atoms with Crippen molar-refractivity contribution in [3.05, 3.63) is 35.4 Å². The topological polar surface area (TPSA) is 15.3 Å². The van der Waals surface area contributed by atoms with Gasteiger partial charge in [0, 0.05) is 12.6 Å². The van der Waals surface area contributed by atoms with E-state index in [-0.39, 0.29) is 6.04 Å². The zero-order chi connectivity index (χ0) is 13.5. The molecule has 1 aromatic carbocycles. The molecule has 1 unspecified atom stereocenters. The first-order valence-electron chi connectivity index (χ1n) is 6.35. The van der Waals surface area contributed by atoms with Crippen molar-refractivity contribution in [1.82, 2.24) is 10.2 Å². The van der Waals surface area contributed by atoms with Crippen LogP contribution in [-0.4, -0.2) is 38.1 Å². The molecule has 2 nitrogen and oxygen atoms in total. The minimum Gasteiger partial charge on any atom is -0.312 e. The van der Waals surface area contributed by atoms with E-state index >= 15 is 0 Å². The summed E-state index contributed by atoms with van der Waals surface area (Å²) in [5.41, 5.74) is 0.436. The van der Waals surface area contributed by atoms with Crippen LogP contribution in [0.25, 0.3) is 0 Å². The molecule has 0 aliphatic heterocycles. The molecule has 0 amide bonds. The highest BCUT2D eigenvalue weighted by Crippen LogP contribution is 2.13. The molecule has 1 atom stereocenters. The second-order valence-corrected chi connectivity index (χ2v) is 4.83. The molecule has 0 aliphatic rings. The third-order valence-electron chi connectivity index (χ3n) is 2.77. The standard InChI is InChI=1S/C14H22F2N2/c1-4-8-17-12(10-18(2)3)9-11-6-5-7-13(15)14(11)16/h5-7,12,17H,4,8-10H2,1-3H3. The van der Waals surface area contributed by atoms with Gasteiger partial charge in [-0.25, -0.2) is 8.78 Å². The van der Waals surface area contributed by atoms with E-state index in [2.05, 4.69) is 12.2 Å². The monoisotopic (exact) mass is 256 g/mol. The van der Waals surface area contributed by atoms with Gasteiger partial charge in [0.05, 0.1) is 0 Å². The Bertz CT molecular complexity index is 367. The molecular weight excluding hydrogens is 234 g/mol. The Morgan fingerprint density at radius 3 is 2.61 bits per heavy atom. The molecule has 0 bridgehead atoms. The normalized spacial score (nSPS) is 13.0. The third kappa shape index (κ3) is 4.70. The van der Waals surface area contributed by atoms with Crippen molar-refractivity contribution in [3.8, 4) is 0 Å². The third-order valence-corrected chi connectivity index (χ3v) is 2.77. The zero-order valence-electron chi connectivity index (χ0n) is 11.3. The van der Waals surface area contributed by atoms with E-state index in [1.807, 2.05) is 19.0 Å². The van der Waals surface area contributed by atoms with Crippen LogP contribution in [-0.2, 0) is 6.42 Å². The quantitative estimate of drug-likeness (QED) is 0.806. The van der Waals surface area contributed by atoms with Crippen LogP contribution in [0, 0.1) is 11.6 Å². The predicted octanol–water partition coefficient (Wildman–Crippen LogP) is 2.44. The van der Waals surface area contributed by atoms with E-state index in [9.17, 15) is 8.78 Å². The molecule has 102 valence electrons. The van der Waals surface area contributed by atoms with E-state index in [1.165, 1.54) is 0 Å². The summed E-state index contributed by atoms with van der Waals surface area (Å²) in [6, 6.07) is 4.49. The first-order valence-corrected chi connectivity index (χ1v) is 6.35. The molecule has 0 fully saturated rings. The van der Waals surface area contributed by atoms with Crippen LogP contribution < -0.4 is 5.32 Å². The van der Waals surface area contributed by atoms with Gasteiger partial charge in [0.1, 0.15) is 0 Å². The molecule has 0 aromatic heterocycles. The van der Waals surface area contributed by atoms with Crippen LogP contribution in [0.1, 0.15) is 18.9 Å². The second kappa shape index (κ2) is 7.44. The number of halogens is 2. The fourth-order valence-electron chi connectivity index (χ4n) is 1.96. The van der Waals surface area contributed by atoms with E-state index in [1.54, 1.807) is 12.1 Å². The van der Waals surface area contributed by atoms with Crippen molar-refractivity contribution in [2.75, 3.05) is 27.2 Å². The van der Waals surface area contributed by atoms with Gasteiger partial charge in [-0.3, -0.25) is 0 Å². The SMILES string of the molecule is CCCNC(Cc1cccc(F)c1F)CN(C)C. The summed E-state index contributed by atoms with van der Waals surface area (Å²) < 4.78 is 26.7. The van der Waals surface area contributed by atoms with E-state index in [0.717, 1.165) is 25.6 Å². The lowest BCUT2D eigenvalue weighted by Crippen LogP contribution is -2.40. The lowest BCUT2D eigenvalue weighted by Gasteiger charge is -2.22. The van der Waals surface area contributed by atoms with Crippen LogP contribution in [0.15, 0.2) is 18.2 Å². The minimum atomic E-state index is -0.772. The molecule has 0 saturated carbocycles. The van der Waals surface area contributed by atoms with Crippen LogP contribution in [0.3, 0.4) is 0 Å². The van der Waals surface area contributed by atoms with Gasteiger partial charge in [-0.1, -0.05) is 19.1 Å². The Kier molecular flexibility index (Phi) is 6.22. The molecule has 4 heteroatoms. The highest BCUT2D eigenvalue weighted by atomic mass is 19.2. The zero-order valence-corrected chi connectivity index (χ0v) is 11.3. The fraction of sp³-hybridized carbons (Fsp3) is 0.571. The molecule has 0 aliphatic carbocycles. The van der Waals surface area contributed by atoms with E-state index in [0.29, 0.717) is 12.0 Å². The van der Waals surface area contributed by atoms with Gasteiger partial charge in [0.25, 0.3) is 0 Å². The van der Waals surface area contributed by atoms with Crippen LogP contribution in [0.5, 0.6) is 0 Å². The molecule has 1 N–H and O–H groups in total. The maximum atomic E-state index is 13.6. The molecule has 0 saturated heterocycles. The Morgan fingerprint density at radius 2 is 2.00 bits per heavy atom. The Morgan fingerprint density at radius 1 is 1.28 bits per heavy atom. The summed E-state index contributed by atoms with van der Waals surface area (Å²) in [5.74, 6) is -1.49. The average Bonchev–Trinajstić information content (AvgIpc) is 2.31. The molecule has 1 rings (SSSR count). The van der Waals surface area contributed by atoms with Gasteiger partial charge >= 0.3 is 0 Å². The maximum absolute atomic E-state index is 13.6. The first-order chi connectivity index (χ1) is 8.54. The summed E-state index contributed by atoms with van der Waals surface area (Å²) in [5, 5.41) is 3.37. The van der Waals surface area contributed by atoms with Gasteiger partial charge in [0.2, 0.25) is 0 Å². The number of likely N-dealkylation sites (N-methyl/N-ethyl adjacent to an activating group) is 1. The highest BCUT2D eigenvalue weighted by Gasteiger charge is 2.14. The average molecular weight is 256 g/mol. The fourth-order valence-corrected chi connectivity index (χ4v) is 1.96. The Labute approximate surface area is 108 Å². The van der Waals surface area contributed by atoms with Crippen molar-refractivity contribution in [3.63, 3.8) is 0 Å². The predicted molar refractivity (Wildman–Crippen MR) is 70.7 cm³/mol. The van der Waals surface area contributed by atoms with Crippen molar-refractivity contribution in [1.29, 1.82) is 0 Å². The van der Waals surface area contributed by atoms with Gasteiger partial charge < -0.3 is 10.2 Å². The molecule has 1 aromatic rings. The number of nitrogens with one attached hydrogen (secondary N) is 1. The van der Waals surface area contributed by atoms with Gasteiger partial charge in [-0.05, 0) is 45.1 Å². The van der Waals surface area contributed by atoms with Crippen molar-refractivity contribution < 1.29 is 8.78 Å². The highest BCUT2D eigenvalue weighted by molar-refractivity contribution is 5.20. The molecule has 0 radical (unpaired) electrons. The summed E-state index contributed by atoms with van der Waals surface area (Å²) >= 11 is 0. The number of hydrogen-bond donors (Lipinski definition) is 1. The van der Waals surface area contributed by atoms with Crippen LogP contribution in [0.2, 0.25) is 0 Å². The molecule has 0 heterocycles. The first kappa shape index (κ1) is 15.1. The second-order valence-electron chi connectivity index (χ2n) is 4.83. The maximum Gasteiger partial charge on any atom is 0.162 e. The van der Waals surface area contributed by atoms with Crippen LogP contribution >= 0.6 is 0 Å². The number of hydrogen-bond acceptors (Lipinski definition) is 2. The largest absolute Gasteiger partial charge is 0.312 e. The Hall–Kier alpha value is -1.00. The minimum absolute atomic E-state index is 0.135. The van der Waals surface area contributed by atoms with Gasteiger partial charge in [-0.2, -0.15) is 0 Å². The molecular formula is C14H22F2N2. The molecule has 0 spiro atoms. The number of benzene rings is 1. The lowest BCUT2D eigenvalue weighted by atomic mass is 10.0. The van der Waals surface area contributed by atoms with Crippen molar-refractivity contribution in [2.24, 2.45) is 0 Å². The molecule has 18 heavy (non-hydrogen) atoms. The number of rotatable bonds is 7. The summed E-state index contributed by atoms with van der Waals surface area (Å²) in [6.07, 6.45) is 1.53. The van der Waals surface area contributed by atoms with E-state index < -0.39 is 11.6 Å². The lowest BCUT2D eigenvalue weighted by molar-refractivity contribution is 0.333. The van der Waals surface area contributed by atoms with Gasteiger partial charge in [-0.15, -0.1) is 0 Å². The summed E-state index contributed by atoms with van der Waals surface area (Å²) in [4.78, 5) is 2.05. The van der Waals surface area contributed by atoms with Crippen LogP contribution in [0.4, 0.5) is 8.78 Å². The van der Waals surface area contributed by atoms with E-state index in [4.69, 9.17) is 0 Å². The summed E-state index contributed by atoms with van der Waals surface area (Å²) in [7, 11) is 3.95. The smallest absolute Gasteiger partial charge is 0.162 e. The van der Waals surface area contributed by atoms with Crippen molar-refractivity contribution >= 4 is 0 Å². The number of nitrogens with zero attached hydrogens (tertiary/aromatic N) is 1.